The quantitative estimate of drug-likeness (QED) is 0.517. The first kappa shape index (κ1) is 13.7. The third-order valence-corrected chi connectivity index (χ3v) is 4.14. The molecule has 1 aliphatic carbocycles. The standard InChI is InChI=1S/C13H12N4O3S/c1-7(18)9-4-5-11(10(6-9)17(19)20)21-13-14-12(15-16-13)8-2-3-8/h4-6,8H,2-3H2,1H3,(H,14,15,16). The van der Waals surface area contributed by atoms with Crippen LogP contribution in [-0.4, -0.2) is 25.9 Å². The van der Waals surface area contributed by atoms with Gasteiger partial charge in [0.1, 0.15) is 5.82 Å². The van der Waals surface area contributed by atoms with Crippen LogP contribution in [0.3, 0.4) is 0 Å². The highest BCUT2D eigenvalue weighted by Gasteiger charge is 2.27. The summed E-state index contributed by atoms with van der Waals surface area (Å²) in [4.78, 5) is 26.7. The van der Waals surface area contributed by atoms with Gasteiger partial charge >= 0.3 is 0 Å². The molecule has 1 aromatic carbocycles. The van der Waals surface area contributed by atoms with E-state index in [0.29, 0.717) is 21.5 Å². The van der Waals surface area contributed by atoms with Crippen LogP contribution in [0.4, 0.5) is 5.69 Å². The minimum Gasteiger partial charge on any atom is -0.295 e. The smallest absolute Gasteiger partial charge is 0.284 e. The summed E-state index contributed by atoms with van der Waals surface area (Å²) in [6.07, 6.45) is 2.21. The number of benzene rings is 1. The van der Waals surface area contributed by atoms with Crippen molar-refractivity contribution in [2.45, 2.75) is 35.7 Å². The van der Waals surface area contributed by atoms with Crippen LogP contribution in [-0.2, 0) is 0 Å². The van der Waals surface area contributed by atoms with Crippen LogP contribution in [0.15, 0.2) is 28.3 Å². The summed E-state index contributed by atoms with van der Waals surface area (Å²) >= 11 is 1.12. The summed E-state index contributed by atoms with van der Waals surface area (Å²) in [5.74, 6) is 1.07. The second-order valence-corrected chi connectivity index (χ2v) is 5.88. The lowest BCUT2D eigenvalue weighted by Gasteiger charge is -2.01. The lowest BCUT2D eigenvalue weighted by molar-refractivity contribution is -0.387. The minimum absolute atomic E-state index is 0.106. The van der Waals surface area contributed by atoms with E-state index >= 15 is 0 Å². The van der Waals surface area contributed by atoms with Crippen LogP contribution in [0.2, 0.25) is 0 Å². The van der Waals surface area contributed by atoms with Gasteiger partial charge < -0.3 is 0 Å². The molecule has 108 valence electrons. The fourth-order valence-corrected chi connectivity index (χ4v) is 2.71. The molecule has 0 aliphatic heterocycles. The van der Waals surface area contributed by atoms with Gasteiger partial charge in [0.05, 0.1) is 9.82 Å². The maximum absolute atomic E-state index is 11.3. The van der Waals surface area contributed by atoms with E-state index in [9.17, 15) is 14.9 Å². The van der Waals surface area contributed by atoms with Crippen molar-refractivity contribution in [2.75, 3.05) is 0 Å². The van der Waals surface area contributed by atoms with Gasteiger partial charge in [0.25, 0.3) is 5.69 Å². The molecule has 3 rings (SSSR count). The molecular weight excluding hydrogens is 292 g/mol. The minimum atomic E-state index is -0.497. The first-order valence-corrected chi connectivity index (χ1v) is 7.26. The molecule has 8 heteroatoms. The number of aromatic amines is 1. The van der Waals surface area contributed by atoms with E-state index in [1.807, 2.05) is 0 Å². The number of ketones is 1. The summed E-state index contributed by atoms with van der Waals surface area (Å²) in [5.41, 5.74) is 0.213. The van der Waals surface area contributed by atoms with E-state index < -0.39 is 4.92 Å². The summed E-state index contributed by atoms with van der Waals surface area (Å²) in [7, 11) is 0. The van der Waals surface area contributed by atoms with Gasteiger partial charge in [-0.1, -0.05) is 0 Å². The highest BCUT2D eigenvalue weighted by atomic mass is 32.2. The second kappa shape index (κ2) is 5.28. The number of aromatic nitrogens is 3. The Balaban J connectivity index is 1.89. The number of nitrogens with zero attached hydrogens (tertiary/aromatic N) is 3. The van der Waals surface area contributed by atoms with Gasteiger partial charge in [-0.3, -0.25) is 20.0 Å². The summed E-state index contributed by atoms with van der Waals surface area (Å²) in [6, 6.07) is 4.43. The monoisotopic (exact) mass is 304 g/mol. The maximum Gasteiger partial charge on any atom is 0.284 e. The maximum atomic E-state index is 11.3. The first-order valence-electron chi connectivity index (χ1n) is 6.44. The highest BCUT2D eigenvalue weighted by Crippen LogP contribution is 2.39. The van der Waals surface area contributed by atoms with Gasteiger partial charge in [0.2, 0.25) is 5.16 Å². The predicted octanol–water partition coefficient (Wildman–Crippen LogP) is 2.94. The number of carbonyl (C=O) groups is 1. The van der Waals surface area contributed by atoms with Crippen LogP contribution in [0.1, 0.15) is 41.9 Å². The summed E-state index contributed by atoms with van der Waals surface area (Å²) in [6.45, 7) is 1.38. The SMILES string of the molecule is CC(=O)c1ccc(Sc2n[nH]c(C3CC3)n2)c([N+](=O)[O-])c1. The molecular formula is C13H12N4O3S. The van der Waals surface area contributed by atoms with Crippen LogP contribution in [0.5, 0.6) is 0 Å². The Hall–Kier alpha value is -2.22. The molecule has 0 radical (unpaired) electrons. The van der Waals surface area contributed by atoms with Gasteiger partial charge in [-0.05, 0) is 43.7 Å². The van der Waals surface area contributed by atoms with Crippen LogP contribution in [0.25, 0.3) is 0 Å². The Labute approximate surface area is 124 Å². The van der Waals surface area contributed by atoms with E-state index in [-0.39, 0.29) is 11.5 Å². The Morgan fingerprint density at radius 1 is 1.48 bits per heavy atom. The molecule has 21 heavy (non-hydrogen) atoms. The van der Waals surface area contributed by atoms with Crippen molar-refractivity contribution < 1.29 is 9.72 Å². The molecule has 1 aromatic heterocycles. The fourth-order valence-electron chi connectivity index (χ4n) is 1.91. The van der Waals surface area contributed by atoms with Gasteiger partial charge in [-0.15, -0.1) is 5.10 Å². The third kappa shape index (κ3) is 2.94. The molecule has 1 aliphatic rings. The number of nitro benzene ring substituents is 1. The Bertz CT molecular complexity index is 724. The number of rotatable bonds is 5. The lowest BCUT2D eigenvalue weighted by Crippen LogP contribution is -1.97. The molecule has 0 atom stereocenters. The molecule has 0 unspecified atom stereocenters. The number of Topliss-reactive ketones (excluding diaryl/α,β-unsaturated/α-hetero) is 1. The van der Waals surface area contributed by atoms with E-state index in [1.54, 1.807) is 12.1 Å². The third-order valence-electron chi connectivity index (χ3n) is 3.21. The molecule has 0 saturated heterocycles. The van der Waals surface area contributed by atoms with Crippen molar-refractivity contribution in [3.8, 4) is 0 Å². The number of nitrogens with one attached hydrogen (secondary N) is 1. The first-order chi connectivity index (χ1) is 10.0. The zero-order valence-corrected chi connectivity index (χ0v) is 12.0. The average Bonchev–Trinajstić information content (AvgIpc) is 3.19. The molecule has 2 aromatic rings. The van der Waals surface area contributed by atoms with E-state index in [2.05, 4.69) is 15.2 Å². The molecule has 1 fully saturated rings. The van der Waals surface area contributed by atoms with E-state index in [1.165, 1.54) is 13.0 Å². The average molecular weight is 304 g/mol. The summed E-state index contributed by atoms with van der Waals surface area (Å²) < 4.78 is 0. The molecule has 0 spiro atoms. The van der Waals surface area contributed by atoms with Crippen LogP contribution in [0, 0.1) is 10.1 Å². The second-order valence-electron chi connectivity index (χ2n) is 4.88. The van der Waals surface area contributed by atoms with Crippen molar-refractivity contribution in [1.82, 2.24) is 15.2 Å². The van der Waals surface area contributed by atoms with Gasteiger partial charge in [0, 0.05) is 17.5 Å². The summed E-state index contributed by atoms with van der Waals surface area (Å²) in [5, 5.41) is 18.5. The van der Waals surface area contributed by atoms with Crippen LogP contribution < -0.4 is 0 Å². The van der Waals surface area contributed by atoms with E-state index in [0.717, 1.165) is 30.4 Å². The lowest BCUT2D eigenvalue weighted by atomic mass is 10.1. The zero-order valence-electron chi connectivity index (χ0n) is 11.2. The molecule has 7 nitrogen and oxygen atoms in total. The van der Waals surface area contributed by atoms with Crippen molar-refractivity contribution in [1.29, 1.82) is 0 Å². The fraction of sp³-hybridized carbons (Fsp3) is 0.308. The Morgan fingerprint density at radius 2 is 2.24 bits per heavy atom. The van der Waals surface area contributed by atoms with Crippen molar-refractivity contribution in [3.63, 3.8) is 0 Å². The molecule has 0 amide bonds. The van der Waals surface area contributed by atoms with Crippen LogP contribution >= 0.6 is 11.8 Å². The number of nitro groups is 1. The predicted molar refractivity (Wildman–Crippen MR) is 75.6 cm³/mol. The molecule has 1 N–H and O–H groups in total. The van der Waals surface area contributed by atoms with E-state index in [4.69, 9.17) is 0 Å². The number of hydrogen-bond donors (Lipinski definition) is 1. The zero-order chi connectivity index (χ0) is 15.0. The van der Waals surface area contributed by atoms with Crippen molar-refractivity contribution in [3.05, 3.63) is 39.7 Å². The normalized spacial score (nSPS) is 14.1. The number of H-pyrrole nitrogens is 1. The largest absolute Gasteiger partial charge is 0.295 e. The van der Waals surface area contributed by atoms with Gasteiger partial charge in [0.15, 0.2) is 5.78 Å². The Morgan fingerprint density at radius 3 is 2.86 bits per heavy atom. The number of hydrogen-bond acceptors (Lipinski definition) is 6. The molecule has 1 heterocycles. The van der Waals surface area contributed by atoms with Crippen molar-refractivity contribution in [2.24, 2.45) is 0 Å². The molecule has 1 saturated carbocycles. The topological polar surface area (TPSA) is 102 Å². The Kier molecular flexibility index (Phi) is 3.46. The number of carbonyl (C=O) groups excluding carboxylic acids is 1. The van der Waals surface area contributed by atoms with Gasteiger partial charge in [-0.25, -0.2) is 4.98 Å². The van der Waals surface area contributed by atoms with Crippen molar-refractivity contribution >= 4 is 23.2 Å². The highest BCUT2D eigenvalue weighted by molar-refractivity contribution is 7.99. The van der Waals surface area contributed by atoms with Gasteiger partial charge in [-0.2, -0.15) is 0 Å². The molecule has 0 bridgehead atoms.